The number of amides is 3. The Bertz CT molecular complexity index is 1130. The Hall–Kier alpha value is -2.70. The van der Waals surface area contributed by atoms with Crippen LogP contribution in [0.5, 0.6) is 0 Å². The fourth-order valence-electron chi connectivity index (χ4n) is 7.11. The molecule has 0 radical (unpaired) electrons. The number of likely N-dealkylation sites (N-methyl/N-ethyl adjacent to an activating group) is 1. The zero-order chi connectivity index (χ0) is 22.3. The molecule has 3 amide bonds. The second-order valence-corrected chi connectivity index (χ2v) is 10.3. The third-order valence-electron chi connectivity index (χ3n) is 8.71. The van der Waals surface area contributed by atoms with Crippen LogP contribution in [-0.4, -0.2) is 52.7 Å². The number of aryl methyl sites for hydroxylation is 1. The van der Waals surface area contributed by atoms with Gasteiger partial charge >= 0.3 is 6.03 Å². The van der Waals surface area contributed by atoms with Gasteiger partial charge in [-0.05, 0) is 75.9 Å². The molecule has 2 aliphatic carbocycles. The largest absolute Gasteiger partial charge is 0.387 e. The third-order valence-corrected chi connectivity index (χ3v) is 8.71. The summed E-state index contributed by atoms with van der Waals surface area (Å²) in [5.74, 6) is -0.194. The molecule has 2 aromatic rings. The van der Waals surface area contributed by atoms with E-state index >= 15 is 0 Å². The van der Waals surface area contributed by atoms with E-state index in [0.29, 0.717) is 24.9 Å². The molecular formula is C26H29N3O3. The van der Waals surface area contributed by atoms with Gasteiger partial charge in [-0.2, -0.15) is 0 Å². The van der Waals surface area contributed by atoms with Gasteiger partial charge in [0.15, 0.2) is 0 Å². The van der Waals surface area contributed by atoms with Crippen LogP contribution in [-0.2, 0) is 16.6 Å². The van der Waals surface area contributed by atoms with Crippen molar-refractivity contribution in [1.82, 2.24) is 10.2 Å². The summed E-state index contributed by atoms with van der Waals surface area (Å²) >= 11 is 0. The Kier molecular flexibility index (Phi) is 4.00. The molecule has 4 aliphatic rings. The quantitative estimate of drug-likeness (QED) is 0.681. The molecule has 2 aliphatic heterocycles. The molecule has 0 unspecified atom stereocenters. The lowest BCUT2D eigenvalue weighted by atomic mass is 9.46. The first kappa shape index (κ1) is 19.9. The number of anilines is 1. The molecule has 2 saturated heterocycles. The van der Waals surface area contributed by atoms with Gasteiger partial charge in [-0.3, -0.25) is 4.79 Å². The van der Waals surface area contributed by atoms with E-state index in [9.17, 15) is 14.7 Å². The smallest absolute Gasteiger partial charge is 0.329 e. The molecule has 6 nitrogen and oxygen atoms in total. The number of likely N-dealkylation sites (tertiary alicyclic amines) is 1. The van der Waals surface area contributed by atoms with Crippen molar-refractivity contribution in [3.05, 3.63) is 65.2 Å². The molecule has 2 aromatic carbocycles. The van der Waals surface area contributed by atoms with Crippen LogP contribution in [0.3, 0.4) is 0 Å². The lowest BCUT2D eigenvalue weighted by molar-refractivity contribution is -0.175. The standard InChI is InChI=1S/C26H29N3O3/c1-17-8-9-18-15-21-26(32)11-10-25(16-24(26,20(18)14-17)12-13-28(21)2)22(30)29(23(31)27-25)19-6-4-3-5-7-19/h3-9,14,21,32H,10-13,15-16H2,1-2H3,(H,27,31)/t21-,24-,25+,26-/m1/s1. The summed E-state index contributed by atoms with van der Waals surface area (Å²) < 4.78 is 0. The number of hydrogen-bond acceptors (Lipinski definition) is 4. The van der Waals surface area contributed by atoms with Gasteiger partial charge < -0.3 is 15.3 Å². The minimum absolute atomic E-state index is 0.0150. The summed E-state index contributed by atoms with van der Waals surface area (Å²) in [6, 6.07) is 15.3. The molecular weight excluding hydrogens is 402 g/mol. The zero-order valence-electron chi connectivity index (χ0n) is 18.6. The second-order valence-electron chi connectivity index (χ2n) is 10.3. The number of imide groups is 1. The zero-order valence-corrected chi connectivity index (χ0v) is 18.6. The summed E-state index contributed by atoms with van der Waals surface area (Å²) in [6.45, 7) is 2.94. The fourth-order valence-corrected chi connectivity index (χ4v) is 7.11. The van der Waals surface area contributed by atoms with Crippen molar-refractivity contribution in [3.63, 3.8) is 0 Å². The minimum atomic E-state index is -0.988. The Morgan fingerprint density at radius 2 is 1.84 bits per heavy atom. The SMILES string of the molecule is Cc1ccc2c(c1)[C@]13CCN(C)[C@H](C2)[C@]1(O)CC[C@@]1(C3)NC(=O)N(c2ccccc2)C1=O. The van der Waals surface area contributed by atoms with Crippen LogP contribution in [0.2, 0.25) is 0 Å². The third kappa shape index (κ3) is 2.37. The average Bonchev–Trinajstić information content (AvgIpc) is 3.01. The number of hydrogen-bond donors (Lipinski definition) is 2. The molecule has 32 heavy (non-hydrogen) atoms. The van der Waals surface area contributed by atoms with Crippen molar-refractivity contribution in [1.29, 1.82) is 0 Å². The predicted octanol–water partition coefficient (Wildman–Crippen LogP) is 2.90. The Morgan fingerprint density at radius 1 is 1.06 bits per heavy atom. The molecule has 2 bridgehead atoms. The summed E-state index contributed by atoms with van der Waals surface area (Å²) in [7, 11) is 2.09. The monoisotopic (exact) mass is 431 g/mol. The minimum Gasteiger partial charge on any atom is -0.387 e. The number of para-hydroxylation sites is 1. The maximum absolute atomic E-state index is 13.8. The van der Waals surface area contributed by atoms with E-state index in [1.807, 2.05) is 18.2 Å². The number of piperidine rings is 1. The number of nitrogens with zero attached hydrogens (tertiary/aromatic N) is 2. The number of benzene rings is 2. The summed E-state index contributed by atoms with van der Waals surface area (Å²) in [5.41, 5.74) is 1.71. The van der Waals surface area contributed by atoms with Gasteiger partial charge in [0.1, 0.15) is 5.54 Å². The molecule has 1 spiro atoms. The van der Waals surface area contributed by atoms with Crippen molar-refractivity contribution >= 4 is 17.6 Å². The molecule has 4 atom stereocenters. The summed E-state index contributed by atoms with van der Waals surface area (Å²) in [4.78, 5) is 30.4. The number of rotatable bonds is 1. The Morgan fingerprint density at radius 3 is 2.62 bits per heavy atom. The molecule has 2 N–H and O–H groups in total. The molecule has 3 fully saturated rings. The van der Waals surface area contributed by atoms with Gasteiger partial charge in [-0.25, -0.2) is 9.69 Å². The van der Waals surface area contributed by atoms with E-state index in [0.717, 1.165) is 24.9 Å². The first-order valence-electron chi connectivity index (χ1n) is 11.5. The van der Waals surface area contributed by atoms with Crippen LogP contribution in [0.4, 0.5) is 10.5 Å². The van der Waals surface area contributed by atoms with Crippen molar-refractivity contribution in [3.8, 4) is 0 Å². The molecule has 1 saturated carbocycles. The fraction of sp³-hybridized carbons (Fsp3) is 0.462. The van der Waals surface area contributed by atoms with Crippen LogP contribution in [0.1, 0.15) is 42.4 Å². The van der Waals surface area contributed by atoms with E-state index in [4.69, 9.17) is 0 Å². The van der Waals surface area contributed by atoms with Crippen molar-refractivity contribution in [2.45, 2.75) is 61.6 Å². The summed E-state index contributed by atoms with van der Waals surface area (Å²) in [5, 5.41) is 15.4. The van der Waals surface area contributed by atoms with Crippen molar-refractivity contribution in [2.24, 2.45) is 0 Å². The highest BCUT2D eigenvalue weighted by Crippen LogP contribution is 2.60. The van der Waals surface area contributed by atoms with Crippen LogP contribution >= 0.6 is 0 Å². The highest BCUT2D eigenvalue weighted by Gasteiger charge is 2.69. The Balaban J connectivity index is 1.49. The highest BCUT2D eigenvalue weighted by molar-refractivity contribution is 6.23. The summed E-state index contributed by atoms with van der Waals surface area (Å²) in [6.07, 6.45) is 2.96. The van der Waals surface area contributed by atoms with Gasteiger partial charge in [0.05, 0.1) is 11.3 Å². The van der Waals surface area contributed by atoms with E-state index in [-0.39, 0.29) is 18.0 Å². The van der Waals surface area contributed by atoms with E-state index in [1.165, 1.54) is 16.0 Å². The maximum atomic E-state index is 13.8. The number of urea groups is 1. The molecule has 166 valence electrons. The number of carbonyl (C=O) groups excluding carboxylic acids is 2. The van der Waals surface area contributed by atoms with Crippen molar-refractivity contribution < 1.29 is 14.7 Å². The predicted molar refractivity (Wildman–Crippen MR) is 122 cm³/mol. The van der Waals surface area contributed by atoms with Crippen LogP contribution in [0.15, 0.2) is 48.5 Å². The first-order valence-corrected chi connectivity index (χ1v) is 11.5. The van der Waals surface area contributed by atoms with Gasteiger partial charge in [-0.1, -0.05) is 42.0 Å². The van der Waals surface area contributed by atoms with Gasteiger partial charge in [-0.15, -0.1) is 0 Å². The lowest BCUT2D eigenvalue weighted by Gasteiger charge is -2.65. The Labute approximate surface area is 188 Å². The number of nitrogens with one attached hydrogen (secondary N) is 1. The molecule has 2 heterocycles. The first-order chi connectivity index (χ1) is 15.3. The normalized spacial score (nSPS) is 36.1. The maximum Gasteiger partial charge on any atom is 0.329 e. The second kappa shape index (κ2) is 6.42. The van der Waals surface area contributed by atoms with Crippen LogP contribution in [0, 0.1) is 6.92 Å². The van der Waals surface area contributed by atoms with E-state index in [2.05, 4.69) is 42.4 Å². The van der Waals surface area contributed by atoms with Gasteiger partial charge in [0.25, 0.3) is 5.91 Å². The molecule has 6 rings (SSSR count). The lowest BCUT2D eigenvalue weighted by Crippen LogP contribution is -2.75. The number of fused-ring (bicyclic) bond motifs is 1. The van der Waals surface area contributed by atoms with E-state index < -0.39 is 16.6 Å². The molecule has 6 heteroatoms. The number of carbonyl (C=O) groups is 2. The van der Waals surface area contributed by atoms with Gasteiger partial charge in [0.2, 0.25) is 0 Å². The average molecular weight is 432 g/mol. The highest BCUT2D eigenvalue weighted by atomic mass is 16.3. The number of aliphatic hydroxyl groups is 1. The topological polar surface area (TPSA) is 72.9 Å². The van der Waals surface area contributed by atoms with E-state index in [1.54, 1.807) is 12.1 Å². The van der Waals surface area contributed by atoms with Crippen molar-refractivity contribution in [2.75, 3.05) is 18.5 Å². The van der Waals surface area contributed by atoms with Crippen LogP contribution < -0.4 is 10.2 Å². The van der Waals surface area contributed by atoms with Gasteiger partial charge in [0, 0.05) is 11.5 Å². The molecule has 0 aromatic heterocycles. The van der Waals surface area contributed by atoms with Crippen LogP contribution in [0.25, 0.3) is 0 Å².